The van der Waals surface area contributed by atoms with Crippen molar-refractivity contribution in [3.05, 3.63) is 36.7 Å². The van der Waals surface area contributed by atoms with Crippen molar-refractivity contribution in [2.45, 2.75) is 50.9 Å². The van der Waals surface area contributed by atoms with Gasteiger partial charge in [0.15, 0.2) is 24.0 Å². The number of carbonyl (C=O) groups excluding carboxylic acids is 1. The van der Waals surface area contributed by atoms with Crippen LogP contribution in [0.15, 0.2) is 36.7 Å². The number of methoxy groups -OCH3 is 1. The normalized spacial score (nSPS) is 25.3. The van der Waals surface area contributed by atoms with Crippen LogP contribution in [0, 0.1) is 0 Å². The summed E-state index contributed by atoms with van der Waals surface area (Å²) in [6, 6.07) is 9.45. The number of nitrogens with zero attached hydrogens (tertiary/aromatic N) is 4. The average molecular weight is 561 g/mol. The van der Waals surface area contributed by atoms with Crippen LogP contribution >= 0.6 is 8.25 Å². The molecule has 0 spiro atoms. The number of fused-ring (bicyclic) bond motifs is 2. The summed E-state index contributed by atoms with van der Waals surface area (Å²) >= 11 is 0. The van der Waals surface area contributed by atoms with Crippen molar-refractivity contribution < 1.29 is 41.9 Å². The van der Waals surface area contributed by atoms with Crippen LogP contribution in [0.5, 0.6) is 5.88 Å². The number of hydrogen-bond acceptors (Lipinski definition) is 13. The Kier molecular flexibility index (Phi) is 7.90. The van der Waals surface area contributed by atoms with E-state index < -0.39 is 52.0 Å². The molecule has 1 unspecified atom stereocenters. The molecule has 208 valence electrons. The van der Waals surface area contributed by atoms with Crippen molar-refractivity contribution in [1.82, 2.24) is 19.5 Å². The number of aromatic nitrogens is 4. The molecule has 0 amide bonds. The predicted octanol–water partition coefficient (Wildman–Crippen LogP) is 1.26. The maximum atomic E-state index is 12.4. The van der Waals surface area contributed by atoms with E-state index in [1.54, 1.807) is 18.4 Å². The first-order valence-electron chi connectivity index (χ1n) is 12.3. The number of hydrogen-bond donors (Lipinski definition) is 1. The van der Waals surface area contributed by atoms with Crippen LogP contribution in [0.4, 0.5) is 5.95 Å². The molecule has 2 saturated heterocycles. The molecule has 4 heterocycles. The Morgan fingerprint density at radius 3 is 2.74 bits per heavy atom. The van der Waals surface area contributed by atoms with Gasteiger partial charge in [-0.1, -0.05) is 30.3 Å². The van der Waals surface area contributed by atoms with Crippen molar-refractivity contribution in [1.29, 1.82) is 0 Å². The number of nitrogen functional groups attached to an aromatic ring is 1. The fourth-order valence-corrected chi connectivity index (χ4v) is 5.29. The van der Waals surface area contributed by atoms with Gasteiger partial charge in [-0.05, 0) is 26.2 Å². The molecule has 39 heavy (non-hydrogen) atoms. The van der Waals surface area contributed by atoms with E-state index in [2.05, 4.69) is 15.0 Å². The van der Waals surface area contributed by atoms with Crippen molar-refractivity contribution in [3.8, 4) is 5.88 Å². The van der Waals surface area contributed by atoms with Crippen LogP contribution in [-0.2, 0) is 37.2 Å². The minimum atomic E-state index is -3.04. The third-order valence-electron chi connectivity index (χ3n) is 6.29. The largest absolute Gasteiger partial charge is 0.494 e. The summed E-state index contributed by atoms with van der Waals surface area (Å²) in [5.74, 6) is -0.426. The zero-order valence-corrected chi connectivity index (χ0v) is 22.8. The van der Waals surface area contributed by atoms with E-state index in [1.807, 2.05) is 37.3 Å². The van der Waals surface area contributed by atoms with Gasteiger partial charge in [0.1, 0.15) is 17.8 Å². The molecule has 2 fully saturated rings. The number of benzene rings is 1. The van der Waals surface area contributed by atoms with Crippen molar-refractivity contribution in [2.24, 2.45) is 0 Å². The number of anilines is 1. The highest BCUT2D eigenvalue weighted by atomic mass is 31.1. The van der Waals surface area contributed by atoms with Crippen LogP contribution < -0.4 is 15.9 Å². The van der Waals surface area contributed by atoms with Gasteiger partial charge in [0.05, 0.1) is 26.1 Å². The van der Waals surface area contributed by atoms with E-state index in [0.717, 1.165) is 5.46 Å². The Bertz CT molecular complexity index is 1360. The molecule has 0 saturated carbocycles. The number of imidazole rings is 1. The zero-order valence-electron chi connectivity index (χ0n) is 21.8. The lowest BCUT2D eigenvalue weighted by molar-refractivity contribution is -0.149. The summed E-state index contributed by atoms with van der Waals surface area (Å²) in [5, 5.41) is 0. The van der Waals surface area contributed by atoms with E-state index in [1.165, 1.54) is 13.4 Å². The lowest BCUT2D eigenvalue weighted by Gasteiger charge is -2.29. The quantitative estimate of drug-likeness (QED) is 0.214. The first-order chi connectivity index (χ1) is 18.7. The van der Waals surface area contributed by atoms with Gasteiger partial charge in [0, 0.05) is 0 Å². The van der Waals surface area contributed by atoms with Crippen molar-refractivity contribution in [3.63, 3.8) is 0 Å². The number of nitrogens with two attached hydrogens (primary N) is 1. The van der Waals surface area contributed by atoms with Gasteiger partial charge in [-0.25, -0.2) is 9.78 Å². The van der Waals surface area contributed by atoms with E-state index in [9.17, 15) is 9.36 Å². The highest BCUT2D eigenvalue weighted by molar-refractivity contribution is 7.33. The molecule has 0 bridgehead atoms. The Balaban J connectivity index is 1.39. The van der Waals surface area contributed by atoms with Crippen molar-refractivity contribution >= 4 is 43.9 Å². The Hall–Kier alpha value is -3.07. The van der Waals surface area contributed by atoms with Gasteiger partial charge in [-0.3, -0.25) is 13.7 Å². The summed E-state index contributed by atoms with van der Waals surface area (Å²) in [4.78, 5) is 24.5. The first kappa shape index (κ1) is 27.5. The van der Waals surface area contributed by atoms with Gasteiger partial charge in [-0.15, -0.1) is 0 Å². The van der Waals surface area contributed by atoms with Crippen LogP contribution in [0.1, 0.15) is 27.0 Å². The monoisotopic (exact) mass is 561 g/mol. The fraction of sp³-hybridized carbons (Fsp3) is 0.478. The summed E-state index contributed by atoms with van der Waals surface area (Å²) < 4.78 is 54.0. The standard InChI is InChI=1S/C23H29BN5O9P/c1-13(2)35-16(30)11-34-39(31)33-10-15-18-23(3,38-24(37-18)14-8-6-5-7-9-14)21(36-15)29-12-26-17-19(29)27-22(25)28-20(17)32-4/h5-9,12-13,15,18,21,39H,10-11H2,1-4H3,(H2,25,27,28)/t15-,18-,21-,23-/m1/s1. The minimum Gasteiger partial charge on any atom is -0.479 e. The highest BCUT2D eigenvalue weighted by Crippen LogP contribution is 2.48. The molecule has 0 aliphatic carbocycles. The SMILES string of the molecule is COc1nc(N)nc2c1ncn2[C@@H]1O[C@H](CO[PH](=O)OCC(=O)OC(C)C)[C@H]2OB(c3ccccc3)O[C@]21C. The lowest BCUT2D eigenvalue weighted by Crippen LogP contribution is -2.42. The third kappa shape index (κ3) is 5.51. The van der Waals surface area contributed by atoms with Gasteiger partial charge in [0.25, 0.3) is 0 Å². The maximum absolute atomic E-state index is 12.4. The number of carbonyl (C=O) groups is 1. The average Bonchev–Trinajstić information content (AvgIpc) is 3.55. The summed E-state index contributed by atoms with van der Waals surface area (Å²) in [6.45, 7) is 4.60. The smallest absolute Gasteiger partial charge is 0.479 e. The minimum absolute atomic E-state index is 0.00169. The van der Waals surface area contributed by atoms with Crippen LogP contribution in [-0.4, -0.2) is 76.8 Å². The summed E-state index contributed by atoms with van der Waals surface area (Å²) in [6.07, 6.45) is -0.955. The molecule has 1 aromatic carbocycles. The number of ether oxygens (including phenoxy) is 3. The second-order valence-electron chi connectivity index (χ2n) is 9.43. The molecule has 5 atom stereocenters. The molecule has 0 radical (unpaired) electrons. The Morgan fingerprint density at radius 2 is 2.03 bits per heavy atom. The fourth-order valence-electron chi connectivity index (χ4n) is 4.67. The second-order valence-corrected chi connectivity index (χ2v) is 10.5. The molecule has 2 aliphatic heterocycles. The van der Waals surface area contributed by atoms with E-state index in [0.29, 0.717) is 11.2 Å². The Morgan fingerprint density at radius 1 is 1.26 bits per heavy atom. The second kappa shape index (κ2) is 11.2. The van der Waals surface area contributed by atoms with Gasteiger partial charge >= 0.3 is 21.3 Å². The molecule has 2 N–H and O–H groups in total. The summed E-state index contributed by atoms with van der Waals surface area (Å²) in [5.41, 5.74) is 6.44. The molecule has 14 nitrogen and oxygen atoms in total. The molecule has 3 aromatic rings. The van der Waals surface area contributed by atoms with E-state index >= 15 is 0 Å². The number of rotatable bonds is 10. The predicted molar refractivity (Wildman–Crippen MR) is 139 cm³/mol. The number of esters is 1. The van der Waals surface area contributed by atoms with Gasteiger partial charge in [0.2, 0.25) is 11.8 Å². The van der Waals surface area contributed by atoms with Gasteiger partial charge in [-0.2, -0.15) is 9.97 Å². The van der Waals surface area contributed by atoms with E-state index in [4.69, 9.17) is 38.3 Å². The summed E-state index contributed by atoms with van der Waals surface area (Å²) in [7, 11) is -2.27. The van der Waals surface area contributed by atoms with Crippen LogP contribution in [0.2, 0.25) is 0 Å². The maximum Gasteiger partial charge on any atom is 0.494 e. The van der Waals surface area contributed by atoms with E-state index in [-0.39, 0.29) is 24.5 Å². The molecular formula is C23H29BN5O9P. The topological polar surface area (TPSA) is 168 Å². The molecular weight excluding hydrogens is 532 g/mol. The molecule has 2 aliphatic rings. The molecule has 16 heteroatoms. The zero-order chi connectivity index (χ0) is 27.7. The lowest BCUT2D eigenvalue weighted by atomic mass is 9.79. The van der Waals surface area contributed by atoms with Gasteiger partial charge < -0.3 is 33.8 Å². The Labute approximate surface area is 225 Å². The third-order valence-corrected chi connectivity index (χ3v) is 7.08. The van der Waals surface area contributed by atoms with Crippen LogP contribution in [0.25, 0.3) is 11.2 Å². The molecule has 5 rings (SSSR count). The first-order valence-corrected chi connectivity index (χ1v) is 13.5. The highest BCUT2D eigenvalue weighted by Gasteiger charge is 2.63. The van der Waals surface area contributed by atoms with Crippen LogP contribution in [0.3, 0.4) is 0 Å². The van der Waals surface area contributed by atoms with Crippen molar-refractivity contribution in [2.75, 3.05) is 26.1 Å². The molecule has 2 aromatic heterocycles.